The molecule has 0 saturated carbocycles. The van der Waals surface area contributed by atoms with Crippen molar-refractivity contribution >= 4 is 18.0 Å². The number of hydrogen-bond donors (Lipinski definition) is 2. The van der Waals surface area contributed by atoms with Crippen molar-refractivity contribution < 1.29 is 24.2 Å². The Bertz CT molecular complexity index is 1030. The van der Waals surface area contributed by atoms with E-state index in [4.69, 9.17) is 4.74 Å². The van der Waals surface area contributed by atoms with Gasteiger partial charge in [-0.3, -0.25) is 9.59 Å². The lowest BCUT2D eigenvalue weighted by atomic mass is 9.90. The van der Waals surface area contributed by atoms with Crippen LogP contribution in [0.5, 0.6) is 0 Å². The summed E-state index contributed by atoms with van der Waals surface area (Å²) in [4.78, 5) is 38.7. The first kappa shape index (κ1) is 22.8. The molecule has 2 aliphatic rings. The number of carbonyl (C=O) groups excluding carboxylic acids is 2. The minimum absolute atomic E-state index is 0.0583. The van der Waals surface area contributed by atoms with Gasteiger partial charge in [0.05, 0.1) is 5.92 Å². The van der Waals surface area contributed by atoms with Crippen molar-refractivity contribution in [2.75, 3.05) is 13.2 Å². The standard InChI is InChI=1S/C26H30N2O5/c1-16-14-17(23(29)30)12-13-28(16)24(31)26(2,3)27-25(32)33-15-22-20-10-6-4-8-18(20)19-9-5-7-11-21(19)22/h4-11,16-17,22H,12-15H2,1-3H3,(H,27,32)(H,29,30). The Balaban J connectivity index is 1.39. The molecule has 1 heterocycles. The van der Waals surface area contributed by atoms with Crippen LogP contribution in [0.4, 0.5) is 4.79 Å². The molecule has 2 unspecified atom stereocenters. The third-order valence-corrected chi connectivity index (χ3v) is 6.78. The molecule has 0 bridgehead atoms. The topological polar surface area (TPSA) is 95.9 Å². The molecule has 174 valence electrons. The van der Waals surface area contributed by atoms with Crippen molar-refractivity contribution in [3.63, 3.8) is 0 Å². The lowest BCUT2D eigenvalue weighted by molar-refractivity contribution is -0.149. The highest BCUT2D eigenvalue weighted by atomic mass is 16.5. The van der Waals surface area contributed by atoms with Crippen LogP contribution in [0.2, 0.25) is 0 Å². The van der Waals surface area contributed by atoms with Crippen molar-refractivity contribution in [2.45, 2.75) is 51.1 Å². The predicted octanol–water partition coefficient (Wildman–Crippen LogP) is 4.02. The van der Waals surface area contributed by atoms with Gasteiger partial charge < -0.3 is 20.1 Å². The molecule has 2 atom stereocenters. The molecular weight excluding hydrogens is 420 g/mol. The molecular formula is C26H30N2O5. The van der Waals surface area contributed by atoms with Gasteiger partial charge in [-0.05, 0) is 55.9 Å². The Labute approximate surface area is 193 Å². The minimum Gasteiger partial charge on any atom is -0.481 e. The molecule has 0 spiro atoms. The number of aliphatic carboxylic acids is 1. The van der Waals surface area contributed by atoms with Crippen LogP contribution >= 0.6 is 0 Å². The van der Waals surface area contributed by atoms with E-state index >= 15 is 0 Å². The van der Waals surface area contributed by atoms with Crippen LogP contribution in [-0.4, -0.2) is 52.7 Å². The molecule has 0 aromatic heterocycles. The van der Waals surface area contributed by atoms with E-state index in [9.17, 15) is 19.5 Å². The number of benzene rings is 2. The first-order valence-electron chi connectivity index (χ1n) is 11.4. The SMILES string of the molecule is CC1CC(C(=O)O)CCN1C(=O)C(C)(C)NC(=O)OCC1c2ccccc2-c2ccccc21. The van der Waals surface area contributed by atoms with E-state index in [1.165, 1.54) is 0 Å². The number of ether oxygens (including phenoxy) is 1. The summed E-state index contributed by atoms with van der Waals surface area (Å²) in [5, 5.41) is 12.0. The summed E-state index contributed by atoms with van der Waals surface area (Å²) < 4.78 is 5.59. The number of rotatable bonds is 5. The molecule has 7 nitrogen and oxygen atoms in total. The Hall–Kier alpha value is -3.35. The maximum atomic E-state index is 13.1. The number of amides is 2. The Morgan fingerprint density at radius 3 is 2.18 bits per heavy atom. The number of fused-ring (bicyclic) bond motifs is 3. The van der Waals surface area contributed by atoms with Gasteiger partial charge in [-0.25, -0.2) is 4.79 Å². The van der Waals surface area contributed by atoms with Crippen LogP contribution < -0.4 is 5.32 Å². The highest BCUT2D eigenvalue weighted by Gasteiger charge is 2.40. The summed E-state index contributed by atoms with van der Waals surface area (Å²) in [6.07, 6.45) is 0.164. The van der Waals surface area contributed by atoms with Gasteiger partial charge in [0.25, 0.3) is 0 Å². The molecule has 4 rings (SSSR count). The number of carboxylic acids is 1. The van der Waals surface area contributed by atoms with Crippen LogP contribution in [0.15, 0.2) is 48.5 Å². The average Bonchev–Trinajstić information content (AvgIpc) is 3.10. The maximum absolute atomic E-state index is 13.1. The second-order valence-electron chi connectivity index (χ2n) is 9.48. The fraction of sp³-hybridized carbons (Fsp3) is 0.423. The van der Waals surface area contributed by atoms with Crippen molar-refractivity contribution in [3.05, 3.63) is 59.7 Å². The zero-order valence-corrected chi connectivity index (χ0v) is 19.2. The van der Waals surface area contributed by atoms with E-state index < -0.39 is 23.5 Å². The number of carbonyl (C=O) groups is 3. The second-order valence-corrected chi connectivity index (χ2v) is 9.48. The predicted molar refractivity (Wildman–Crippen MR) is 124 cm³/mol. The Morgan fingerprint density at radius 1 is 1.06 bits per heavy atom. The maximum Gasteiger partial charge on any atom is 0.408 e. The zero-order chi connectivity index (χ0) is 23.8. The molecule has 2 aromatic carbocycles. The fourth-order valence-corrected chi connectivity index (χ4v) is 5.00. The molecule has 2 amide bonds. The number of nitrogens with one attached hydrogen (secondary N) is 1. The van der Waals surface area contributed by atoms with Crippen LogP contribution in [0, 0.1) is 5.92 Å². The number of piperidine rings is 1. The number of hydrogen-bond acceptors (Lipinski definition) is 4. The molecule has 2 aromatic rings. The van der Waals surface area contributed by atoms with Crippen LogP contribution in [0.25, 0.3) is 11.1 Å². The summed E-state index contributed by atoms with van der Waals surface area (Å²) in [5.74, 6) is -1.57. The van der Waals surface area contributed by atoms with E-state index in [0.717, 1.165) is 22.3 Å². The van der Waals surface area contributed by atoms with Gasteiger partial charge in [-0.15, -0.1) is 0 Å². The molecule has 33 heavy (non-hydrogen) atoms. The summed E-state index contributed by atoms with van der Waals surface area (Å²) in [7, 11) is 0. The van der Waals surface area contributed by atoms with E-state index in [0.29, 0.717) is 19.4 Å². The lowest BCUT2D eigenvalue weighted by Crippen LogP contribution is -2.59. The number of carboxylic acid groups (broad SMARTS) is 1. The third kappa shape index (κ3) is 4.45. The Kier molecular flexibility index (Phi) is 6.15. The van der Waals surface area contributed by atoms with Gasteiger partial charge in [0.2, 0.25) is 5.91 Å². The van der Waals surface area contributed by atoms with E-state index in [2.05, 4.69) is 29.6 Å². The molecule has 1 saturated heterocycles. The van der Waals surface area contributed by atoms with Crippen molar-refractivity contribution in [3.8, 4) is 11.1 Å². The lowest BCUT2D eigenvalue weighted by Gasteiger charge is -2.40. The number of nitrogens with zero attached hydrogens (tertiary/aromatic N) is 1. The minimum atomic E-state index is -1.17. The van der Waals surface area contributed by atoms with E-state index in [-0.39, 0.29) is 24.5 Å². The monoisotopic (exact) mass is 450 g/mol. The van der Waals surface area contributed by atoms with Gasteiger partial charge in [0, 0.05) is 18.5 Å². The van der Waals surface area contributed by atoms with Gasteiger partial charge in [0.15, 0.2) is 0 Å². The highest BCUT2D eigenvalue weighted by molar-refractivity contribution is 5.89. The van der Waals surface area contributed by atoms with Crippen LogP contribution in [0.3, 0.4) is 0 Å². The van der Waals surface area contributed by atoms with Crippen molar-refractivity contribution in [2.24, 2.45) is 5.92 Å². The van der Waals surface area contributed by atoms with Gasteiger partial charge in [-0.2, -0.15) is 0 Å². The van der Waals surface area contributed by atoms with Gasteiger partial charge in [-0.1, -0.05) is 48.5 Å². The second kappa shape index (κ2) is 8.89. The molecule has 1 fully saturated rings. The quantitative estimate of drug-likeness (QED) is 0.717. The van der Waals surface area contributed by atoms with E-state index in [1.54, 1.807) is 18.7 Å². The molecule has 7 heteroatoms. The number of likely N-dealkylation sites (tertiary alicyclic amines) is 1. The summed E-state index contributed by atoms with van der Waals surface area (Å²) >= 11 is 0. The van der Waals surface area contributed by atoms with Crippen LogP contribution in [0.1, 0.15) is 50.7 Å². The van der Waals surface area contributed by atoms with Crippen molar-refractivity contribution in [1.29, 1.82) is 0 Å². The average molecular weight is 451 g/mol. The van der Waals surface area contributed by atoms with E-state index in [1.807, 2.05) is 31.2 Å². The zero-order valence-electron chi connectivity index (χ0n) is 19.2. The molecule has 2 N–H and O–H groups in total. The smallest absolute Gasteiger partial charge is 0.408 e. The third-order valence-electron chi connectivity index (χ3n) is 6.78. The van der Waals surface area contributed by atoms with Crippen LogP contribution in [-0.2, 0) is 14.3 Å². The largest absolute Gasteiger partial charge is 0.481 e. The molecule has 0 radical (unpaired) electrons. The highest BCUT2D eigenvalue weighted by Crippen LogP contribution is 2.44. The first-order chi connectivity index (χ1) is 15.7. The van der Waals surface area contributed by atoms with Gasteiger partial charge >= 0.3 is 12.1 Å². The summed E-state index contributed by atoms with van der Waals surface area (Å²) in [6, 6.07) is 16.0. The summed E-state index contributed by atoms with van der Waals surface area (Å²) in [5.41, 5.74) is 3.37. The normalized spacial score (nSPS) is 20.0. The molecule has 1 aliphatic carbocycles. The first-order valence-corrected chi connectivity index (χ1v) is 11.4. The molecule has 1 aliphatic heterocycles. The van der Waals surface area contributed by atoms with Crippen molar-refractivity contribution in [1.82, 2.24) is 10.2 Å². The van der Waals surface area contributed by atoms with Gasteiger partial charge in [0.1, 0.15) is 12.1 Å². The Morgan fingerprint density at radius 2 is 1.64 bits per heavy atom. The number of alkyl carbamates (subject to hydrolysis) is 1. The summed E-state index contributed by atoms with van der Waals surface area (Å²) in [6.45, 7) is 5.66. The fourth-order valence-electron chi connectivity index (χ4n) is 5.00.